The highest BCUT2D eigenvalue weighted by Gasteiger charge is 2.08. The van der Waals surface area contributed by atoms with E-state index in [-0.39, 0.29) is 6.01 Å². The lowest BCUT2D eigenvalue weighted by Gasteiger charge is -2.07. The first-order chi connectivity index (χ1) is 9.33. The second-order valence-electron chi connectivity index (χ2n) is 3.72. The highest BCUT2D eigenvalue weighted by atomic mass is 16.5. The van der Waals surface area contributed by atoms with Gasteiger partial charge in [-0.25, -0.2) is 4.68 Å². The number of nitrogens with one attached hydrogen (secondary N) is 1. The van der Waals surface area contributed by atoms with Crippen molar-refractivity contribution in [3.8, 4) is 12.0 Å². The first-order valence-electron chi connectivity index (χ1n) is 6.01. The Morgan fingerprint density at radius 3 is 3.00 bits per heavy atom. The summed E-state index contributed by atoms with van der Waals surface area (Å²) in [6.45, 7) is 4.20. The highest BCUT2D eigenvalue weighted by Crippen LogP contribution is 2.10. The molecule has 19 heavy (non-hydrogen) atoms. The molecule has 7 nitrogen and oxygen atoms in total. The van der Waals surface area contributed by atoms with Crippen LogP contribution in [0.4, 0.5) is 5.95 Å². The Balaban J connectivity index is 2.14. The summed E-state index contributed by atoms with van der Waals surface area (Å²) in [5, 5.41) is 6.95. The molecular formula is C12H16N6O. The molecule has 0 atom stereocenters. The van der Waals surface area contributed by atoms with Gasteiger partial charge in [0.2, 0.25) is 5.95 Å². The van der Waals surface area contributed by atoms with E-state index in [1.54, 1.807) is 30.2 Å². The van der Waals surface area contributed by atoms with E-state index in [9.17, 15) is 0 Å². The fourth-order valence-electron chi connectivity index (χ4n) is 1.40. The van der Waals surface area contributed by atoms with Crippen molar-refractivity contribution in [2.45, 2.75) is 12.8 Å². The summed E-state index contributed by atoms with van der Waals surface area (Å²) in [6.07, 6.45) is 7.05. The molecule has 0 unspecified atom stereocenters. The van der Waals surface area contributed by atoms with Gasteiger partial charge in [0, 0.05) is 19.4 Å². The molecule has 0 bridgehead atoms. The third-order valence-corrected chi connectivity index (χ3v) is 2.32. The second kappa shape index (κ2) is 6.48. The van der Waals surface area contributed by atoms with Gasteiger partial charge in [-0.3, -0.25) is 0 Å². The molecule has 0 spiro atoms. The topological polar surface area (TPSA) is 77.8 Å². The minimum atomic E-state index is 0.286. The van der Waals surface area contributed by atoms with Gasteiger partial charge in [0.15, 0.2) is 0 Å². The van der Waals surface area contributed by atoms with Crippen molar-refractivity contribution in [2.75, 3.05) is 19.0 Å². The maximum atomic E-state index is 5.50. The molecule has 0 saturated carbocycles. The van der Waals surface area contributed by atoms with Crippen LogP contribution in [0.3, 0.4) is 0 Å². The standard InChI is InChI=1S/C12H16N6O/c1-3-4-5-9-19-12-16-10(13-2)15-11(17-12)18-8-6-7-14-18/h3,6-8H,1,4-5,9H2,2H3,(H,13,15,16,17). The number of hydrogen-bond acceptors (Lipinski definition) is 6. The summed E-state index contributed by atoms with van der Waals surface area (Å²) in [7, 11) is 1.74. The van der Waals surface area contributed by atoms with Gasteiger partial charge in [0.1, 0.15) is 0 Å². The number of nitrogens with zero attached hydrogens (tertiary/aromatic N) is 5. The predicted molar refractivity (Wildman–Crippen MR) is 71.4 cm³/mol. The van der Waals surface area contributed by atoms with E-state index in [4.69, 9.17) is 4.74 Å². The number of allylic oxidation sites excluding steroid dienone is 1. The number of unbranched alkanes of at least 4 members (excludes halogenated alkanes) is 1. The molecule has 100 valence electrons. The molecule has 7 heteroatoms. The van der Waals surface area contributed by atoms with Gasteiger partial charge in [-0.05, 0) is 18.9 Å². The Hall–Kier alpha value is -2.44. The van der Waals surface area contributed by atoms with Crippen molar-refractivity contribution in [3.63, 3.8) is 0 Å². The summed E-state index contributed by atoms with van der Waals surface area (Å²) in [6, 6.07) is 2.09. The SMILES string of the molecule is C=CCCCOc1nc(NC)nc(-n2cccn2)n1. The lowest BCUT2D eigenvalue weighted by atomic mass is 10.3. The maximum Gasteiger partial charge on any atom is 0.323 e. The lowest BCUT2D eigenvalue weighted by Crippen LogP contribution is -2.10. The molecule has 2 rings (SSSR count). The zero-order chi connectivity index (χ0) is 13.5. The summed E-state index contributed by atoms with van der Waals surface area (Å²) in [4.78, 5) is 12.6. The van der Waals surface area contributed by atoms with Gasteiger partial charge >= 0.3 is 6.01 Å². The molecule has 0 aromatic carbocycles. The predicted octanol–water partition coefficient (Wildman–Crippen LogP) is 1.44. The van der Waals surface area contributed by atoms with E-state index in [0.717, 1.165) is 12.8 Å². The minimum Gasteiger partial charge on any atom is -0.463 e. The Labute approximate surface area is 111 Å². The van der Waals surface area contributed by atoms with E-state index in [2.05, 4.69) is 31.9 Å². The number of anilines is 1. The van der Waals surface area contributed by atoms with Crippen LogP contribution in [0.15, 0.2) is 31.1 Å². The summed E-state index contributed by atoms with van der Waals surface area (Å²) < 4.78 is 7.05. The van der Waals surface area contributed by atoms with Crippen LogP contribution in [0.1, 0.15) is 12.8 Å². The highest BCUT2D eigenvalue weighted by molar-refractivity contribution is 5.28. The molecule has 0 aliphatic rings. The Morgan fingerprint density at radius 1 is 1.42 bits per heavy atom. The Morgan fingerprint density at radius 2 is 2.32 bits per heavy atom. The average Bonchev–Trinajstić information content (AvgIpc) is 2.97. The van der Waals surface area contributed by atoms with Crippen molar-refractivity contribution >= 4 is 5.95 Å². The first-order valence-corrected chi connectivity index (χ1v) is 6.01. The molecular weight excluding hydrogens is 244 g/mol. The molecule has 0 radical (unpaired) electrons. The third kappa shape index (κ3) is 3.51. The first kappa shape index (κ1) is 13.0. The van der Waals surface area contributed by atoms with Gasteiger partial charge in [0.05, 0.1) is 6.61 Å². The zero-order valence-electron chi connectivity index (χ0n) is 10.8. The van der Waals surface area contributed by atoms with Crippen LogP contribution < -0.4 is 10.1 Å². The van der Waals surface area contributed by atoms with E-state index in [1.807, 2.05) is 6.08 Å². The van der Waals surface area contributed by atoms with E-state index in [0.29, 0.717) is 18.5 Å². The number of hydrogen-bond donors (Lipinski definition) is 1. The quantitative estimate of drug-likeness (QED) is 0.599. The zero-order valence-corrected chi connectivity index (χ0v) is 10.8. The molecule has 0 saturated heterocycles. The Kier molecular flexibility index (Phi) is 4.44. The van der Waals surface area contributed by atoms with E-state index < -0.39 is 0 Å². The molecule has 2 aromatic heterocycles. The number of rotatable bonds is 7. The van der Waals surface area contributed by atoms with Gasteiger partial charge in [-0.15, -0.1) is 6.58 Å². The largest absolute Gasteiger partial charge is 0.463 e. The van der Waals surface area contributed by atoms with Crippen molar-refractivity contribution < 1.29 is 4.74 Å². The van der Waals surface area contributed by atoms with Gasteiger partial charge in [-0.2, -0.15) is 20.1 Å². The monoisotopic (exact) mass is 260 g/mol. The van der Waals surface area contributed by atoms with E-state index >= 15 is 0 Å². The average molecular weight is 260 g/mol. The Bertz CT molecular complexity index is 525. The van der Waals surface area contributed by atoms with Crippen molar-refractivity contribution in [1.82, 2.24) is 24.7 Å². The molecule has 0 aliphatic heterocycles. The molecule has 1 N–H and O–H groups in total. The van der Waals surface area contributed by atoms with Crippen molar-refractivity contribution in [2.24, 2.45) is 0 Å². The lowest BCUT2D eigenvalue weighted by molar-refractivity contribution is 0.286. The smallest absolute Gasteiger partial charge is 0.323 e. The van der Waals surface area contributed by atoms with Gasteiger partial charge in [0.25, 0.3) is 5.95 Å². The van der Waals surface area contributed by atoms with Gasteiger partial charge < -0.3 is 10.1 Å². The summed E-state index contributed by atoms with van der Waals surface area (Å²) in [5.74, 6) is 0.863. The van der Waals surface area contributed by atoms with Crippen molar-refractivity contribution in [3.05, 3.63) is 31.1 Å². The van der Waals surface area contributed by atoms with Crippen LogP contribution in [-0.2, 0) is 0 Å². The fourth-order valence-corrected chi connectivity index (χ4v) is 1.40. The summed E-state index contributed by atoms with van der Waals surface area (Å²) in [5.41, 5.74) is 0. The number of aromatic nitrogens is 5. The minimum absolute atomic E-state index is 0.286. The van der Waals surface area contributed by atoms with Crippen LogP contribution in [0.25, 0.3) is 5.95 Å². The number of ether oxygens (including phenoxy) is 1. The molecule has 2 aromatic rings. The van der Waals surface area contributed by atoms with Crippen molar-refractivity contribution in [1.29, 1.82) is 0 Å². The molecule has 2 heterocycles. The maximum absolute atomic E-state index is 5.50. The normalized spacial score (nSPS) is 10.2. The fraction of sp³-hybridized carbons (Fsp3) is 0.333. The van der Waals surface area contributed by atoms with Crippen LogP contribution in [0.2, 0.25) is 0 Å². The second-order valence-corrected chi connectivity index (χ2v) is 3.72. The van der Waals surface area contributed by atoms with Crippen LogP contribution in [0.5, 0.6) is 6.01 Å². The van der Waals surface area contributed by atoms with Crippen LogP contribution in [0, 0.1) is 0 Å². The molecule has 0 aliphatic carbocycles. The molecule has 0 fully saturated rings. The van der Waals surface area contributed by atoms with Crippen LogP contribution >= 0.6 is 0 Å². The molecule has 0 amide bonds. The van der Waals surface area contributed by atoms with E-state index in [1.165, 1.54) is 0 Å². The summed E-state index contributed by atoms with van der Waals surface area (Å²) >= 11 is 0. The van der Waals surface area contributed by atoms with Crippen LogP contribution in [-0.4, -0.2) is 38.4 Å². The third-order valence-electron chi connectivity index (χ3n) is 2.32. The van der Waals surface area contributed by atoms with Gasteiger partial charge in [-0.1, -0.05) is 6.08 Å².